The maximum Gasteiger partial charge on any atom is 0.332 e. The molecular weight excluding hydrogens is 338 g/mol. The number of H-pyrrole nitrogens is 1. The molecule has 0 aliphatic carbocycles. The van der Waals surface area contributed by atoms with Crippen LogP contribution >= 0.6 is 11.6 Å². The van der Waals surface area contributed by atoms with Crippen LogP contribution in [0.25, 0.3) is 10.9 Å². The predicted octanol–water partition coefficient (Wildman–Crippen LogP) is 3.71. The standard InChI is InChI=1S/C19H14ClN3O2/c20-11-5-7-12(8-6-11)23-18(24)17-9-14-13-3-1-2-4-15(13)21-16(14)10-22(17)19(23)25/h1-8,17,21H,9-10H2/t17-/m1/s1. The number of halogens is 1. The van der Waals surface area contributed by atoms with E-state index >= 15 is 0 Å². The van der Waals surface area contributed by atoms with Gasteiger partial charge in [0.2, 0.25) is 0 Å². The SMILES string of the molecule is O=C1[C@H]2Cc3c([nH]c4ccccc34)CN2C(=O)N1c1ccc(Cl)cc1. The number of carbonyl (C=O) groups excluding carboxylic acids is 2. The molecule has 1 N–H and O–H groups in total. The minimum atomic E-state index is -0.449. The number of imide groups is 1. The number of hydrogen-bond donors (Lipinski definition) is 1. The van der Waals surface area contributed by atoms with E-state index in [0.29, 0.717) is 23.7 Å². The largest absolute Gasteiger partial charge is 0.357 e. The van der Waals surface area contributed by atoms with Gasteiger partial charge < -0.3 is 9.88 Å². The zero-order chi connectivity index (χ0) is 17.1. The summed E-state index contributed by atoms with van der Waals surface area (Å²) in [6, 6.07) is 14.1. The second-order valence-electron chi connectivity index (χ2n) is 6.41. The summed E-state index contributed by atoms with van der Waals surface area (Å²) in [5.74, 6) is -0.178. The zero-order valence-corrected chi connectivity index (χ0v) is 14.0. The van der Waals surface area contributed by atoms with Gasteiger partial charge in [0.25, 0.3) is 5.91 Å². The van der Waals surface area contributed by atoms with E-state index < -0.39 is 6.04 Å². The van der Waals surface area contributed by atoms with Crippen LogP contribution in [0.4, 0.5) is 10.5 Å². The highest BCUT2D eigenvalue weighted by atomic mass is 35.5. The van der Waals surface area contributed by atoms with Crippen molar-refractivity contribution in [3.05, 3.63) is 64.8 Å². The van der Waals surface area contributed by atoms with E-state index in [0.717, 1.165) is 22.2 Å². The topological polar surface area (TPSA) is 56.4 Å². The van der Waals surface area contributed by atoms with Crippen molar-refractivity contribution in [1.82, 2.24) is 9.88 Å². The van der Waals surface area contributed by atoms with Crippen LogP contribution in [0.1, 0.15) is 11.3 Å². The highest BCUT2D eigenvalue weighted by Crippen LogP contribution is 2.36. The first kappa shape index (κ1) is 14.5. The molecule has 1 saturated heterocycles. The number of nitrogens with zero attached hydrogens (tertiary/aromatic N) is 2. The van der Waals surface area contributed by atoms with Gasteiger partial charge in [-0.1, -0.05) is 29.8 Å². The quantitative estimate of drug-likeness (QED) is 0.679. The summed E-state index contributed by atoms with van der Waals surface area (Å²) in [5, 5.41) is 1.70. The summed E-state index contributed by atoms with van der Waals surface area (Å²) >= 11 is 5.91. The normalized spacial score (nSPS) is 19.5. The lowest BCUT2D eigenvalue weighted by molar-refractivity contribution is -0.119. The van der Waals surface area contributed by atoms with Crippen LogP contribution < -0.4 is 4.90 Å². The number of urea groups is 1. The average Bonchev–Trinajstić information content (AvgIpc) is 3.10. The average molecular weight is 352 g/mol. The summed E-state index contributed by atoms with van der Waals surface area (Å²) in [5.41, 5.74) is 3.75. The Morgan fingerprint density at radius 1 is 1.04 bits per heavy atom. The second-order valence-corrected chi connectivity index (χ2v) is 6.84. The number of fused-ring (bicyclic) bond motifs is 4. The lowest BCUT2D eigenvalue weighted by atomic mass is 9.97. The number of carbonyl (C=O) groups is 2. The van der Waals surface area contributed by atoms with E-state index in [1.165, 1.54) is 4.90 Å². The van der Waals surface area contributed by atoms with Crippen LogP contribution in [0.15, 0.2) is 48.5 Å². The molecule has 124 valence electrons. The molecule has 1 atom stereocenters. The van der Waals surface area contributed by atoms with Crippen LogP contribution in [0.3, 0.4) is 0 Å². The van der Waals surface area contributed by atoms with E-state index in [-0.39, 0.29) is 11.9 Å². The maximum absolute atomic E-state index is 12.9. The summed E-state index contributed by atoms with van der Waals surface area (Å²) in [4.78, 5) is 32.1. The van der Waals surface area contributed by atoms with Gasteiger partial charge in [-0.3, -0.25) is 4.79 Å². The molecule has 5 rings (SSSR count). The molecule has 5 nitrogen and oxygen atoms in total. The molecule has 2 aromatic carbocycles. The predicted molar refractivity (Wildman–Crippen MR) is 95.7 cm³/mol. The third kappa shape index (κ3) is 2.02. The van der Waals surface area contributed by atoms with Crippen molar-refractivity contribution in [1.29, 1.82) is 0 Å². The number of para-hydroxylation sites is 1. The van der Waals surface area contributed by atoms with Gasteiger partial charge in [-0.25, -0.2) is 9.69 Å². The Bertz CT molecular complexity index is 1020. The van der Waals surface area contributed by atoms with Gasteiger partial charge in [-0.2, -0.15) is 0 Å². The third-order valence-corrected chi connectivity index (χ3v) is 5.28. The fraction of sp³-hybridized carbons (Fsp3) is 0.158. The molecule has 0 bridgehead atoms. The number of benzene rings is 2. The van der Waals surface area contributed by atoms with Crippen molar-refractivity contribution in [3.63, 3.8) is 0 Å². The molecule has 3 aromatic rings. The van der Waals surface area contributed by atoms with Crippen molar-refractivity contribution in [2.75, 3.05) is 4.90 Å². The molecule has 3 amide bonds. The van der Waals surface area contributed by atoms with Gasteiger partial charge in [0.05, 0.1) is 12.2 Å². The molecule has 2 aliphatic rings. The van der Waals surface area contributed by atoms with Crippen LogP contribution in [0, 0.1) is 0 Å². The van der Waals surface area contributed by atoms with Gasteiger partial charge in [0, 0.05) is 28.0 Å². The summed E-state index contributed by atoms with van der Waals surface area (Å²) in [6.45, 7) is 0.420. The van der Waals surface area contributed by atoms with Crippen molar-refractivity contribution >= 4 is 40.1 Å². The number of aromatic nitrogens is 1. The van der Waals surface area contributed by atoms with Crippen molar-refractivity contribution in [2.45, 2.75) is 19.0 Å². The zero-order valence-electron chi connectivity index (χ0n) is 13.2. The molecule has 0 radical (unpaired) electrons. The maximum atomic E-state index is 12.9. The molecule has 1 aromatic heterocycles. The number of hydrogen-bond acceptors (Lipinski definition) is 2. The van der Waals surface area contributed by atoms with E-state index in [9.17, 15) is 9.59 Å². The molecule has 3 heterocycles. The Balaban J connectivity index is 1.55. The summed E-state index contributed by atoms with van der Waals surface area (Å²) < 4.78 is 0. The molecule has 2 aliphatic heterocycles. The Morgan fingerprint density at radius 3 is 2.60 bits per heavy atom. The van der Waals surface area contributed by atoms with Crippen LogP contribution in [0.2, 0.25) is 5.02 Å². The third-order valence-electron chi connectivity index (χ3n) is 5.03. The summed E-state index contributed by atoms with van der Waals surface area (Å²) in [7, 11) is 0. The smallest absolute Gasteiger partial charge is 0.332 e. The molecule has 1 fully saturated rings. The van der Waals surface area contributed by atoms with Crippen molar-refractivity contribution in [2.24, 2.45) is 0 Å². The van der Waals surface area contributed by atoms with E-state index in [4.69, 9.17) is 11.6 Å². The summed E-state index contributed by atoms with van der Waals surface area (Å²) in [6.07, 6.45) is 0.536. The minimum absolute atomic E-state index is 0.178. The fourth-order valence-electron chi connectivity index (χ4n) is 3.83. The van der Waals surface area contributed by atoms with Gasteiger partial charge in [-0.15, -0.1) is 0 Å². The number of rotatable bonds is 1. The number of aromatic amines is 1. The van der Waals surface area contributed by atoms with Crippen LogP contribution in [-0.4, -0.2) is 27.9 Å². The lowest BCUT2D eigenvalue weighted by Gasteiger charge is -2.26. The van der Waals surface area contributed by atoms with Crippen LogP contribution in [0.5, 0.6) is 0 Å². The van der Waals surface area contributed by atoms with Crippen molar-refractivity contribution < 1.29 is 9.59 Å². The fourth-order valence-corrected chi connectivity index (χ4v) is 3.96. The molecular formula is C19H14ClN3O2. The van der Waals surface area contributed by atoms with E-state index in [2.05, 4.69) is 11.1 Å². The van der Waals surface area contributed by atoms with Gasteiger partial charge >= 0.3 is 6.03 Å². The monoisotopic (exact) mass is 351 g/mol. The lowest BCUT2D eigenvalue weighted by Crippen LogP contribution is -2.39. The Hall–Kier alpha value is -2.79. The van der Waals surface area contributed by atoms with Gasteiger partial charge in [0.1, 0.15) is 6.04 Å². The number of amides is 3. The Labute approximate surface area is 148 Å². The van der Waals surface area contributed by atoms with Crippen LogP contribution in [-0.2, 0) is 17.8 Å². The number of anilines is 1. The van der Waals surface area contributed by atoms with E-state index in [1.807, 2.05) is 18.2 Å². The molecule has 25 heavy (non-hydrogen) atoms. The highest BCUT2D eigenvalue weighted by molar-refractivity contribution is 6.30. The Kier molecular flexibility index (Phi) is 2.97. The Morgan fingerprint density at radius 2 is 1.80 bits per heavy atom. The van der Waals surface area contributed by atoms with Gasteiger partial charge in [-0.05, 0) is 35.9 Å². The first-order chi connectivity index (χ1) is 12.1. The first-order valence-corrected chi connectivity index (χ1v) is 8.50. The first-order valence-electron chi connectivity index (χ1n) is 8.12. The minimum Gasteiger partial charge on any atom is -0.357 e. The van der Waals surface area contributed by atoms with Gasteiger partial charge in [0.15, 0.2) is 0 Å². The molecule has 6 heteroatoms. The highest BCUT2D eigenvalue weighted by Gasteiger charge is 2.48. The molecule has 0 unspecified atom stereocenters. The molecule has 0 saturated carbocycles. The van der Waals surface area contributed by atoms with Crippen molar-refractivity contribution in [3.8, 4) is 0 Å². The molecule has 0 spiro atoms. The second kappa shape index (κ2) is 5.10. The van der Waals surface area contributed by atoms with E-state index in [1.54, 1.807) is 29.2 Å². The number of nitrogens with one attached hydrogen (secondary N) is 1.